The number of carbonyl (C=O) groups is 1. The minimum Gasteiger partial charge on any atom is -0.482 e. The second-order valence-electron chi connectivity index (χ2n) is 4.84. The molecular formula is C18H20O3S. The van der Waals surface area contributed by atoms with Gasteiger partial charge in [0.15, 0.2) is 0 Å². The molecule has 0 amide bonds. The maximum absolute atomic E-state index is 12.2. The molecule has 2 rings (SSSR count). The zero-order valence-electron chi connectivity index (χ0n) is 12.8. The summed E-state index contributed by atoms with van der Waals surface area (Å²) < 4.78 is 11.1. The van der Waals surface area contributed by atoms with Gasteiger partial charge in [0.25, 0.3) is 0 Å². The van der Waals surface area contributed by atoms with E-state index in [-0.39, 0.29) is 12.1 Å². The van der Waals surface area contributed by atoms with Gasteiger partial charge in [-0.15, -0.1) is 0 Å². The molecule has 3 nitrogen and oxygen atoms in total. The van der Waals surface area contributed by atoms with Crippen LogP contribution in [0.2, 0.25) is 0 Å². The molecule has 0 spiro atoms. The summed E-state index contributed by atoms with van der Waals surface area (Å²) in [6.07, 6.45) is 0.692. The maximum Gasteiger partial charge on any atom is 0.342 e. The number of ether oxygens (including phenoxy) is 2. The van der Waals surface area contributed by atoms with Gasteiger partial charge >= 0.3 is 5.97 Å². The molecule has 0 fully saturated rings. The molecule has 0 aliphatic carbocycles. The lowest BCUT2D eigenvalue weighted by atomic mass is 10.2. The molecule has 0 aliphatic heterocycles. The van der Waals surface area contributed by atoms with Crippen LogP contribution in [0.15, 0.2) is 59.5 Å². The molecule has 0 radical (unpaired) electrons. The van der Waals surface area contributed by atoms with Crippen LogP contribution in [0, 0.1) is 0 Å². The van der Waals surface area contributed by atoms with Crippen LogP contribution in [-0.2, 0) is 4.74 Å². The van der Waals surface area contributed by atoms with Crippen molar-refractivity contribution < 1.29 is 14.3 Å². The zero-order chi connectivity index (χ0) is 15.8. The average Bonchev–Trinajstić information content (AvgIpc) is 2.56. The molecule has 0 aromatic heterocycles. The molecule has 116 valence electrons. The fraction of sp³-hybridized carbons (Fsp3) is 0.278. The Morgan fingerprint density at radius 3 is 2.50 bits per heavy atom. The highest BCUT2D eigenvalue weighted by molar-refractivity contribution is 7.99. The van der Waals surface area contributed by atoms with Crippen molar-refractivity contribution in [1.82, 2.24) is 0 Å². The molecule has 4 heteroatoms. The minimum atomic E-state index is -0.338. The van der Waals surface area contributed by atoms with Gasteiger partial charge < -0.3 is 9.47 Å². The van der Waals surface area contributed by atoms with Crippen molar-refractivity contribution in [2.45, 2.75) is 31.3 Å². The van der Waals surface area contributed by atoms with Gasteiger partial charge in [-0.25, -0.2) is 4.79 Å². The topological polar surface area (TPSA) is 35.5 Å². The Kier molecular flexibility index (Phi) is 6.34. The van der Waals surface area contributed by atoms with Gasteiger partial charge in [0.2, 0.25) is 0 Å². The first kappa shape index (κ1) is 16.4. The van der Waals surface area contributed by atoms with Crippen LogP contribution >= 0.6 is 11.8 Å². The average molecular weight is 316 g/mol. The molecular weight excluding hydrogens is 296 g/mol. The van der Waals surface area contributed by atoms with Crippen LogP contribution in [0.3, 0.4) is 0 Å². The Labute approximate surface area is 135 Å². The summed E-state index contributed by atoms with van der Waals surface area (Å²) in [5.74, 6) is 0.659. The van der Waals surface area contributed by atoms with E-state index in [1.54, 1.807) is 23.9 Å². The second-order valence-corrected chi connectivity index (χ2v) is 5.84. The molecule has 0 saturated heterocycles. The number of hydrogen-bond donors (Lipinski definition) is 0. The van der Waals surface area contributed by atoms with Crippen molar-refractivity contribution in [3.63, 3.8) is 0 Å². The van der Waals surface area contributed by atoms with E-state index in [1.165, 1.54) is 0 Å². The lowest BCUT2D eigenvalue weighted by Gasteiger charge is -2.14. The van der Waals surface area contributed by atoms with Gasteiger partial charge in [-0.05, 0) is 37.6 Å². The summed E-state index contributed by atoms with van der Waals surface area (Å²) in [7, 11) is 0. The summed E-state index contributed by atoms with van der Waals surface area (Å²) >= 11 is 1.58. The normalized spacial score (nSPS) is 11.7. The molecule has 0 bridgehead atoms. The summed E-state index contributed by atoms with van der Waals surface area (Å²) in [5.41, 5.74) is 0.469. The molecule has 0 saturated carbocycles. The maximum atomic E-state index is 12.2. The summed E-state index contributed by atoms with van der Waals surface area (Å²) in [5, 5.41) is 0. The van der Waals surface area contributed by atoms with Crippen molar-refractivity contribution in [1.29, 1.82) is 0 Å². The fourth-order valence-electron chi connectivity index (χ4n) is 1.77. The number of hydrogen-bond acceptors (Lipinski definition) is 4. The fourth-order valence-corrected chi connectivity index (χ4v) is 2.44. The highest BCUT2D eigenvalue weighted by atomic mass is 32.2. The number of benzene rings is 2. The molecule has 0 N–H and O–H groups in total. The molecule has 2 aromatic rings. The molecule has 2 aromatic carbocycles. The quantitative estimate of drug-likeness (QED) is 0.419. The molecule has 22 heavy (non-hydrogen) atoms. The predicted molar refractivity (Wildman–Crippen MR) is 89.4 cm³/mol. The Hall–Kier alpha value is -1.94. The SMILES string of the molecule is CCC(C)OC(=O)c1ccccc1OCSc1ccccc1. The number of carbonyl (C=O) groups excluding carboxylic acids is 1. The van der Waals surface area contributed by atoms with E-state index in [2.05, 4.69) is 0 Å². The molecule has 0 heterocycles. The van der Waals surface area contributed by atoms with Crippen molar-refractivity contribution in [2.24, 2.45) is 0 Å². The zero-order valence-corrected chi connectivity index (χ0v) is 13.6. The van der Waals surface area contributed by atoms with Gasteiger partial charge in [0, 0.05) is 4.90 Å². The van der Waals surface area contributed by atoms with Gasteiger partial charge in [-0.2, -0.15) is 0 Å². The molecule has 0 aliphatic rings. The summed E-state index contributed by atoms with van der Waals surface area (Å²) in [4.78, 5) is 13.3. The number of thioether (sulfide) groups is 1. The monoisotopic (exact) mass is 316 g/mol. The third-order valence-corrected chi connectivity index (χ3v) is 4.01. The van der Waals surface area contributed by atoms with E-state index in [1.807, 2.05) is 56.3 Å². The van der Waals surface area contributed by atoms with Crippen LogP contribution in [0.5, 0.6) is 5.75 Å². The first-order valence-electron chi connectivity index (χ1n) is 7.31. The van der Waals surface area contributed by atoms with Crippen LogP contribution in [0.4, 0.5) is 0 Å². The van der Waals surface area contributed by atoms with Crippen LogP contribution in [0.1, 0.15) is 30.6 Å². The van der Waals surface area contributed by atoms with Gasteiger partial charge in [0.05, 0.1) is 6.10 Å². The highest BCUT2D eigenvalue weighted by Gasteiger charge is 2.15. The highest BCUT2D eigenvalue weighted by Crippen LogP contribution is 2.23. The second kappa shape index (κ2) is 8.49. The molecule has 1 unspecified atom stereocenters. The van der Waals surface area contributed by atoms with Crippen molar-refractivity contribution in [3.8, 4) is 5.75 Å². The van der Waals surface area contributed by atoms with Crippen molar-refractivity contribution in [3.05, 3.63) is 60.2 Å². The Balaban J connectivity index is 1.97. The largest absolute Gasteiger partial charge is 0.482 e. The molecule has 1 atom stereocenters. The lowest BCUT2D eigenvalue weighted by Crippen LogP contribution is -2.15. The van der Waals surface area contributed by atoms with E-state index in [0.717, 1.165) is 11.3 Å². The number of rotatable bonds is 7. The van der Waals surface area contributed by atoms with E-state index >= 15 is 0 Å². The lowest BCUT2D eigenvalue weighted by molar-refractivity contribution is 0.0331. The first-order chi connectivity index (χ1) is 10.7. The third-order valence-electron chi connectivity index (χ3n) is 3.17. The van der Waals surface area contributed by atoms with Crippen LogP contribution in [-0.4, -0.2) is 18.0 Å². The number of para-hydroxylation sites is 1. The summed E-state index contributed by atoms with van der Waals surface area (Å²) in [6, 6.07) is 17.2. The Morgan fingerprint density at radius 1 is 1.09 bits per heavy atom. The van der Waals surface area contributed by atoms with Gasteiger partial charge in [-0.1, -0.05) is 49.0 Å². The number of esters is 1. The standard InChI is InChI=1S/C18H20O3S/c1-3-14(2)21-18(19)16-11-7-8-12-17(16)20-13-22-15-9-5-4-6-10-15/h4-12,14H,3,13H2,1-2H3. The van der Waals surface area contributed by atoms with Crippen molar-refractivity contribution in [2.75, 3.05) is 5.94 Å². The summed E-state index contributed by atoms with van der Waals surface area (Å²) in [6.45, 7) is 3.86. The Bertz CT molecular complexity index is 598. The smallest absolute Gasteiger partial charge is 0.342 e. The third kappa shape index (κ3) is 4.81. The van der Waals surface area contributed by atoms with Gasteiger partial charge in [0.1, 0.15) is 17.3 Å². The van der Waals surface area contributed by atoms with E-state index in [0.29, 0.717) is 17.3 Å². The van der Waals surface area contributed by atoms with E-state index in [9.17, 15) is 4.79 Å². The van der Waals surface area contributed by atoms with E-state index in [4.69, 9.17) is 9.47 Å². The predicted octanol–water partition coefficient (Wildman–Crippen LogP) is 4.77. The van der Waals surface area contributed by atoms with Crippen LogP contribution < -0.4 is 4.74 Å². The Morgan fingerprint density at radius 2 is 1.77 bits per heavy atom. The van der Waals surface area contributed by atoms with Crippen LogP contribution in [0.25, 0.3) is 0 Å². The van der Waals surface area contributed by atoms with Crippen molar-refractivity contribution >= 4 is 17.7 Å². The van der Waals surface area contributed by atoms with E-state index < -0.39 is 0 Å². The minimum absolute atomic E-state index is 0.0979. The van der Waals surface area contributed by atoms with Gasteiger partial charge in [-0.3, -0.25) is 0 Å². The first-order valence-corrected chi connectivity index (χ1v) is 8.30.